The standard InChI is InChI=1S/C23H27N3O5S/c1-23(2,3)31-21(28)25-12-17(19-24-9-10-32-19)18(13-25)20(27)26-16(14-30-22(26)29)11-15-7-5-4-6-8-15/h4-10,16-18H,11-14H2,1-3H3/t16-,17+,18-/m1/s1. The van der Waals surface area contributed by atoms with Crippen LogP contribution in [0.2, 0.25) is 0 Å². The molecule has 170 valence electrons. The van der Waals surface area contributed by atoms with Crippen molar-refractivity contribution < 1.29 is 23.9 Å². The van der Waals surface area contributed by atoms with Crippen molar-refractivity contribution in [2.45, 2.75) is 44.8 Å². The summed E-state index contributed by atoms with van der Waals surface area (Å²) in [4.78, 5) is 46.0. The maximum Gasteiger partial charge on any atom is 0.416 e. The summed E-state index contributed by atoms with van der Waals surface area (Å²) >= 11 is 1.44. The molecule has 4 rings (SSSR count). The molecule has 0 saturated carbocycles. The highest BCUT2D eigenvalue weighted by atomic mass is 32.1. The van der Waals surface area contributed by atoms with Gasteiger partial charge in [0, 0.05) is 30.6 Å². The Hall–Kier alpha value is -2.94. The summed E-state index contributed by atoms with van der Waals surface area (Å²) in [6.45, 7) is 6.04. The molecule has 0 radical (unpaired) electrons. The van der Waals surface area contributed by atoms with Crippen molar-refractivity contribution in [1.29, 1.82) is 0 Å². The Morgan fingerprint density at radius 1 is 1.22 bits per heavy atom. The van der Waals surface area contributed by atoms with Gasteiger partial charge in [-0.05, 0) is 32.8 Å². The lowest BCUT2D eigenvalue weighted by Crippen LogP contribution is -2.45. The van der Waals surface area contributed by atoms with E-state index < -0.39 is 23.7 Å². The smallest absolute Gasteiger partial charge is 0.416 e. The highest BCUT2D eigenvalue weighted by Gasteiger charge is 2.48. The third-order valence-corrected chi connectivity index (χ3v) is 6.48. The van der Waals surface area contributed by atoms with Crippen LogP contribution in [0, 0.1) is 5.92 Å². The number of rotatable bonds is 4. The van der Waals surface area contributed by atoms with Crippen LogP contribution in [-0.4, -0.2) is 64.2 Å². The van der Waals surface area contributed by atoms with E-state index in [0.717, 1.165) is 10.6 Å². The Kier molecular flexibility index (Phi) is 6.19. The molecule has 3 amide bonds. The van der Waals surface area contributed by atoms with E-state index in [4.69, 9.17) is 9.47 Å². The van der Waals surface area contributed by atoms with Crippen molar-refractivity contribution in [3.8, 4) is 0 Å². The number of hydrogen-bond donors (Lipinski definition) is 0. The first-order chi connectivity index (χ1) is 15.2. The van der Waals surface area contributed by atoms with Crippen LogP contribution >= 0.6 is 11.3 Å². The largest absolute Gasteiger partial charge is 0.447 e. The zero-order valence-electron chi connectivity index (χ0n) is 18.4. The number of ether oxygens (including phenoxy) is 2. The molecule has 1 aromatic heterocycles. The lowest BCUT2D eigenvalue weighted by molar-refractivity contribution is -0.133. The summed E-state index contributed by atoms with van der Waals surface area (Å²) in [6, 6.07) is 9.31. The van der Waals surface area contributed by atoms with E-state index in [9.17, 15) is 14.4 Å². The lowest BCUT2D eigenvalue weighted by Gasteiger charge is -2.25. The zero-order valence-corrected chi connectivity index (χ0v) is 19.2. The number of likely N-dealkylation sites (tertiary alicyclic amines) is 1. The maximum absolute atomic E-state index is 13.6. The average molecular weight is 458 g/mol. The quantitative estimate of drug-likeness (QED) is 0.696. The Morgan fingerprint density at radius 3 is 2.62 bits per heavy atom. The monoisotopic (exact) mass is 457 g/mol. The van der Waals surface area contributed by atoms with Crippen LogP contribution in [0.25, 0.3) is 0 Å². The highest BCUT2D eigenvalue weighted by molar-refractivity contribution is 7.09. The summed E-state index contributed by atoms with van der Waals surface area (Å²) < 4.78 is 10.8. The minimum absolute atomic E-state index is 0.157. The Morgan fingerprint density at radius 2 is 1.97 bits per heavy atom. The van der Waals surface area contributed by atoms with E-state index >= 15 is 0 Å². The van der Waals surface area contributed by atoms with Gasteiger partial charge in [0.05, 0.1) is 17.0 Å². The number of imide groups is 1. The molecule has 0 N–H and O–H groups in total. The van der Waals surface area contributed by atoms with E-state index in [2.05, 4.69) is 4.98 Å². The molecule has 3 atom stereocenters. The first kappa shape index (κ1) is 22.3. The van der Waals surface area contributed by atoms with E-state index in [1.165, 1.54) is 21.1 Å². The van der Waals surface area contributed by atoms with Gasteiger partial charge in [-0.25, -0.2) is 19.5 Å². The van der Waals surface area contributed by atoms with Gasteiger partial charge < -0.3 is 14.4 Å². The Balaban J connectivity index is 1.56. The van der Waals surface area contributed by atoms with Crippen LogP contribution in [-0.2, 0) is 20.7 Å². The first-order valence-corrected chi connectivity index (χ1v) is 11.5. The number of hydrogen-bond acceptors (Lipinski definition) is 7. The number of carbonyl (C=O) groups excluding carboxylic acids is 3. The second-order valence-corrected chi connectivity index (χ2v) is 10.0. The van der Waals surface area contributed by atoms with Gasteiger partial charge in [0.25, 0.3) is 0 Å². The SMILES string of the molecule is CC(C)(C)OC(=O)N1C[C@H](c2nccs2)[C@H](C(=O)N2C(=O)OC[C@H]2Cc2ccccc2)C1. The van der Waals surface area contributed by atoms with Crippen LogP contribution in [0.5, 0.6) is 0 Å². The normalized spacial score (nSPS) is 23.3. The fraction of sp³-hybridized carbons (Fsp3) is 0.478. The van der Waals surface area contributed by atoms with Crippen molar-refractivity contribution in [3.63, 3.8) is 0 Å². The summed E-state index contributed by atoms with van der Waals surface area (Å²) in [5.41, 5.74) is 0.377. The van der Waals surface area contributed by atoms with E-state index in [1.807, 2.05) is 35.7 Å². The van der Waals surface area contributed by atoms with Gasteiger partial charge in [0.1, 0.15) is 12.2 Å². The molecule has 2 aliphatic heterocycles. The molecule has 2 aromatic rings. The summed E-state index contributed by atoms with van der Waals surface area (Å²) in [6.07, 6.45) is 1.09. The highest BCUT2D eigenvalue weighted by Crippen LogP contribution is 2.37. The predicted octanol–water partition coefficient (Wildman–Crippen LogP) is 3.68. The molecule has 8 nitrogen and oxygen atoms in total. The molecule has 0 unspecified atom stereocenters. The second-order valence-electron chi connectivity index (χ2n) is 9.10. The molecule has 2 fully saturated rings. The van der Waals surface area contributed by atoms with Gasteiger partial charge in [-0.1, -0.05) is 30.3 Å². The first-order valence-electron chi connectivity index (χ1n) is 10.6. The molecule has 9 heteroatoms. The maximum atomic E-state index is 13.6. The average Bonchev–Trinajstić information content (AvgIpc) is 3.47. The summed E-state index contributed by atoms with van der Waals surface area (Å²) in [5, 5.41) is 2.61. The number of amides is 3. The van der Waals surface area contributed by atoms with Gasteiger partial charge >= 0.3 is 12.2 Å². The number of aromatic nitrogens is 1. The van der Waals surface area contributed by atoms with Gasteiger partial charge in [0.15, 0.2) is 0 Å². The number of carbonyl (C=O) groups is 3. The van der Waals surface area contributed by atoms with Crippen molar-refractivity contribution in [2.24, 2.45) is 5.92 Å². The number of nitrogens with zero attached hydrogens (tertiary/aromatic N) is 3. The van der Waals surface area contributed by atoms with E-state index in [1.54, 1.807) is 27.0 Å². The Bertz CT molecular complexity index is 973. The van der Waals surface area contributed by atoms with Crippen molar-refractivity contribution in [3.05, 3.63) is 52.5 Å². The van der Waals surface area contributed by atoms with Crippen LogP contribution in [0.1, 0.15) is 37.3 Å². The Labute approximate surface area is 191 Å². The van der Waals surface area contributed by atoms with Crippen LogP contribution in [0.4, 0.5) is 9.59 Å². The lowest BCUT2D eigenvalue weighted by atomic mass is 9.94. The number of benzene rings is 1. The molecule has 2 saturated heterocycles. The molecule has 2 aliphatic rings. The van der Waals surface area contributed by atoms with Gasteiger partial charge in [-0.15, -0.1) is 11.3 Å². The fourth-order valence-corrected chi connectivity index (χ4v) is 4.94. The molecule has 0 bridgehead atoms. The van der Waals surface area contributed by atoms with Crippen molar-refractivity contribution in [2.75, 3.05) is 19.7 Å². The number of cyclic esters (lactones) is 1. The van der Waals surface area contributed by atoms with E-state index in [-0.39, 0.29) is 31.0 Å². The van der Waals surface area contributed by atoms with Crippen LogP contribution in [0.3, 0.4) is 0 Å². The molecular weight excluding hydrogens is 430 g/mol. The molecule has 32 heavy (non-hydrogen) atoms. The molecule has 1 aromatic carbocycles. The molecular formula is C23H27N3O5S. The van der Waals surface area contributed by atoms with Gasteiger partial charge in [-0.3, -0.25) is 4.79 Å². The van der Waals surface area contributed by atoms with Gasteiger partial charge in [0.2, 0.25) is 5.91 Å². The fourth-order valence-electron chi connectivity index (χ4n) is 4.14. The van der Waals surface area contributed by atoms with Gasteiger partial charge in [-0.2, -0.15) is 0 Å². The summed E-state index contributed by atoms with van der Waals surface area (Å²) in [5.74, 6) is -1.24. The van der Waals surface area contributed by atoms with Crippen LogP contribution in [0.15, 0.2) is 41.9 Å². The van der Waals surface area contributed by atoms with Crippen LogP contribution < -0.4 is 0 Å². The molecule has 0 aliphatic carbocycles. The number of thiazole rings is 1. The summed E-state index contributed by atoms with van der Waals surface area (Å²) in [7, 11) is 0. The molecule has 0 spiro atoms. The molecule has 3 heterocycles. The predicted molar refractivity (Wildman–Crippen MR) is 118 cm³/mol. The second kappa shape index (κ2) is 8.90. The topological polar surface area (TPSA) is 89.0 Å². The van der Waals surface area contributed by atoms with E-state index in [0.29, 0.717) is 13.0 Å². The van der Waals surface area contributed by atoms with Crippen molar-refractivity contribution in [1.82, 2.24) is 14.8 Å². The third-order valence-electron chi connectivity index (χ3n) is 5.57. The van der Waals surface area contributed by atoms with Crippen molar-refractivity contribution >= 4 is 29.4 Å². The minimum Gasteiger partial charge on any atom is -0.447 e. The zero-order chi connectivity index (χ0) is 22.9. The minimum atomic E-state index is -0.643. The third kappa shape index (κ3) is 4.77.